The molecule has 156 valence electrons. The maximum Gasteiger partial charge on any atom is 0.249 e. The third kappa shape index (κ3) is 2.51. The molecule has 0 unspecified atom stereocenters. The molecule has 1 amide bonds. The van der Waals surface area contributed by atoms with Gasteiger partial charge in [-0.05, 0) is 31.3 Å². The lowest BCUT2D eigenvalue weighted by Crippen LogP contribution is -2.44. The van der Waals surface area contributed by atoms with E-state index in [2.05, 4.69) is 11.4 Å². The van der Waals surface area contributed by atoms with Gasteiger partial charge < -0.3 is 14.8 Å². The molecule has 1 fully saturated rings. The molecule has 7 nitrogen and oxygen atoms in total. The van der Waals surface area contributed by atoms with E-state index in [1.807, 2.05) is 12.1 Å². The number of aliphatic hydroxyl groups excluding tert-OH is 1. The number of amides is 1. The molecule has 3 heterocycles. The first-order valence-corrected chi connectivity index (χ1v) is 9.75. The first-order valence-electron chi connectivity index (χ1n) is 9.75. The lowest BCUT2D eigenvalue weighted by Gasteiger charge is -2.30. The fourth-order valence-corrected chi connectivity index (χ4v) is 4.98. The van der Waals surface area contributed by atoms with Gasteiger partial charge >= 0.3 is 0 Å². The lowest BCUT2D eigenvalue weighted by atomic mass is 9.73. The van der Waals surface area contributed by atoms with Gasteiger partial charge in [0.15, 0.2) is 5.43 Å². The van der Waals surface area contributed by atoms with Crippen LogP contribution >= 0.6 is 0 Å². The second-order valence-corrected chi connectivity index (χ2v) is 8.22. The summed E-state index contributed by atoms with van der Waals surface area (Å²) < 4.78 is 19.1. The van der Waals surface area contributed by atoms with Gasteiger partial charge in [-0.1, -0.05) is 18.2 Å². The zero-order chi connectivity index (χ0) is 22.0. The van der Waals surface area contributed by atoms with Gasteiger partial charge in [0.25, 0.3) is 0 Å². The Hall–Kier alpha value is -3.54. The van der Waals surface area contributed by atoms with E-state index in [9.17, 15) is 24.3 Å². The molecule has 3 aromatic rings. The van der Waals surface area contributed by atoms with E-state index >= 15 is 0 Å². The predicted octanol–water partition coefficient (Wildman–Crippen LogP) is 2.66. The average molecular weight is 419 g/mol. The number of fused-ring (bicyclic) bond motifs is 3. The molecule has 2 aliphatic heterocycles. The molecule has 0 aliphatic carbocycles. The highest BCUT2D eigenvalue weighted by atomic mass is 19.1. The number of likely N-dealkylation sites (N-methyl/N-ethyl adjacent to an activating group) is 1. The molecule has 2 N–H and O–H groups in total. The van der Waals surface area contributed by atoms with Crippen molar-refractivity contribution in [3.8, 4) is 6.07 Å². The monoisotopic (exact) mass is 419 g/mol. The zero-order valence-corrected chi connectivity index (χ0v) is 16.6. The Bertz CT molecular complexity index is 1350. The number of nitrogens with one attached hydrogen (secondary N) is 1. The van der Waals surface area contributed by atoms with Crippen LogP contribution in [0, 0.1) is 22.6 Å². The van der Waals surface area contributed by atoms with Gasteiger partial charge in [0, 0.05) is 24.2 Å². The van der Waals surface area contributed by atoms with Crippen molar-refractivity contribution in [2.75, 3.05) is 18.9 Å². The van der Waals surface area contributed by atoms with Crippen LogP contribution in [-0.2, 0) is 10.3 Å². The molecule has 3 atom stereocenters. The van der Waals surface area contributed by atoms with E-state index in [1.54, 1.807) is 24.1 Å². The third-order valence-corrected chi connectivity index (χ3v) is 6.54. The van der Waals surface area contributed by atoms with Gasteiger partial charge in [0.1, 0.15) is 34.7 Å². The van der Waals surface area contributed by atoms with Crippen LogP contribution in [0.5, 0.6) is 0 Å². The van der Waals surface area contributed by atoms with Gasteiger partial charge in [-0.3, -0.25) is 14.5 Å². The van der Waals surface area contributed by atoms with Crippen LogP contribution in [0.15, 0.2) is 57.9 Å². The van der Waals surface area contributed by atoms with E-state index in [1.165, 1.54) is 12.1 Å². The summed E-state index contributed by atoms with van der Waals surface area (Å²) in [7, 11) is 1.71. The number of carbonyl (C=O) groups is 1. The van der Waals surface area contributed by atoms with Gasteiger partial charge in [-0.25, -0.2) is 4.39 Å². The number of nitrogens with zero attached hydrogens (tertiary/aromatic N) is 2. The summed E-state index contributed by atoms with van der Waals surface area (Å²) in [6.07, 6.45) is -0.443. The van der Waals surface area contributed by atoms with Gasteiger partial charge in [0.05, 0.1) is 17.0 Å². The fraction of sp³-hybridized carbons (Fsp3) is 0.261. The number of aliphatic hydroxyl groups is 1. The molecule has 8 heteroatoms. The number of halogens is 1. The highest BCUT2D eigenvalue weighted by molar-refractivity contribution is 6.06. The number of rotatable bonds is 2. The molecule has 0 bridgehead atoms. The van der Waals surface area contributed by atoms with Crippen LogP contribution in [0.25, 0.3) is 11.0 Å². The Kier molecular flexibility index (Phi) is 4.06. The van der Waals surface area contributed by atoms with Crippen molar-refractivity contribution in [1.82, 2.24) is 4.90 Å². The number of para-hydroxylation sites is 1. The first-order chi connectivity index (χ1) is 14.8. The number of carbonyl (C=O) groups excluding carboxylic acids is 1. The van der Waals surface area contributed by atoms with Crippen LogP contribution in [-0.4, -0.2) is 29.5 Å². The minimum atomic E-state index is -1.54. The Labute approximate surface area is 176 Å². The summed E-state index contributed by atoms with van der Waals surface area (Å²) in [6, 6.07) is 12.9. The van der Waals surface area contributed by atoms with Gasteiger partial charge in [0.2, 0.25) is 5.91 Å². The number of hydrogen-bond acceptors (Lipinski definition) is 6. The topological polar surface area (TPSA) is 107 Å². The molecular formula is C23H18FN3O4. The zero-order valence-electron chi connectivity index (χ0n) is 16.6. The molecule has 1 aromatic heterocycles. The highest BCUT2D eigenvalue weighted by Crippen LogP contribution is 2.55. The maximum atomic E-state index is 13.7. The second-order valence-electron chi connectivity index (χ2n) is 8.22. The lowest BCUT2D eigenvalue weighted by molar-refractivity contribution is -0.125. The van der Waals surface area contributed by atoms with Crippen LogP contribution in [0.4, 0.5) is 10.1 Å². The maximum absolute atomic E-state index is 13.7. The Morgan fingerprint density at radius 1 is 1.29 bits per heavy atom. The van der Waals surface area contributed by atoms with Crippen molar-refractivity contribution in [2.45, 2.75) is 18.1 Å². The summed E-state index contributed by atoms with van der Waals surface area (Å²) in [5.74, 6) is -0.895. The van der Waals surface area contributed by atoms with E-state index in [0.29, 0.717) is 5.69 Å². The Morgan fingerprint density at radius 3 is 2.84 bits per heavy atom. The van der Waals surface area contributed by atoms with Crippen molar-refractivity contribution in [3.05, 3.63) is 75.9 Å². The molecule has 1 spiro atoms. The first kappa shape index (κ1) is 19.4. The molecule has 2 aliphatic rings. The summed E-state index contributed by atoms with van der Waals surface area (Å²) in [6.45, 7) is 0.0487. The Morgan fingerprint density at radius 2 is 2.06 bits per heavy atom. The van der Waals surface area contributed by atoms with Crippen molar-refractivity contribution in [2.24, 2.45) is 5.41 Å². The van der Waals surface area contributed by atoms with Crippen LogP contribution < -0.4 is 10.7 Å². The fourth-order valence-electron chi connectivity index (χ4n) is 4.98. The van der Waals surface area contributed by atoms with Crippen LogP contribution in [0.2, 0.25) is 0 Å². The molecule has 1 saturated heterocycles. The minimum Gasteiger partial charge on any atom is -0.464 e. The largest absolute Gasteiger partial charge is 0.464 e. The van der Waals surface area contributed by atoms with Crippen molar-refractivity contribution in [3.63, 3.8) is 0 Å². The molecule has 2 aromatic carbocycles. The molecule has 0 radical (unpaired) electrons. The molecule has 5 rings (SSSR count). The van der Waals surface area contributed by atoms with Gasteiger partial charge in [-0.2, -0.15) is 5.26 Å². The summed E-state index contributed by atoms with van der Waals surface area (Å²) in [5.41, 5.74) is -1.80. The number of benzene rings is 2. The van der Waals surface area contributed by atoms with Crippen molar-refractivity contribution < 1.29 is 18.7 Å². The predicted molar refractivity (Wildman–Crippen MR) is 109 cm³/mol. The third-order valence-electron chi connectivity index (χ3n) is 6.54. The van der Waals surface area contributed by atoms with Crippen LogP contribution in [0.3, 0.4) is 0 Å². The van der Waals surface area contributed by atoms with Gasteiger partial charge in [-0.15, -0.1) is 0 Å². The number of nitriles is 1. The SMILES string of the molecule is CN1C[C@@](C#N)([C@H](O)c2coc3ccc(F)cc3c2=O)C[C@@]12C(=O)Nc1ccccc12. The normalized spacial score (nSPS) is 26.1. The second kappa shape index (κ2) is 6.48. The highest BCUT2D eigenvalue weighted by Gasteiger charge is 2.63. The number of hydrogen-bond donors (Lipinski definition) is 2. The smallest absolute Gasteiger partial charge is 0.249 e. The van der Waals surface area contributed by atoms with E-state index in [-0.39, 0.29) is 35.4 Å². The average Bonchev–Trinajstić information content (AvgIpc) is 3.24. The van der Waals surface area contributed by atoms with Crippen molar-refractivity contribution >= 4 is 22.6 Å². The molecule has 0 saturated carbocycles. The van der Waals surface area contributed by atoms with E-state index in [4.69, 9.17) is 4.42 Å². The van der Waals surface area contributed by atoms with E-state index in [0.717, 1.165) is 17.9 Å². The standard InChI is InChI=1S/C23H18FN3O4/c1-27-12-22(11-25,10-23(27)16-4-2-3-5-17(16)26-21(23)30)20(29)15-9-31-18-7-6-13(24)8-14(18)19(15)28/h2-9,20,29H,10,12H2,1H3,(H,26,30)/t20-,22-,23-/m1/s1. The quantitative estimate of drug-likeness (QED) is 0.662. The molecule has 31 heavy (non-hydrogen) atoms. The van der Waals surface area contributed by atoms with Crippen molar-refractivity contribution in [1.29, 1.82) is 5.26 Å². The molecular weight excluding hydrogens is 401 g/mol. The summed E-state index contributed by atoms with van der Waals surface area (Å²) in [5, 5.41) is 24.2. The minimum absolute atomic E-state index is 0.0162. The van der Waals surface area contributed by atoms with E-state index < -0.39 is 28.3 Å². The number of anilines is 1. The summed E-state index contributed by atoms with van der Waals surface area (Å²) in [4.78, 5) is 27.8. The summed E-state index contributed by atoms with van der Waals surface area (Å²) >= 11 is 0. The van der Waals surface area contributed by atoms with Crippen LogP contribution in [0.1, 0.15) is 23.7 Å². The number of likely N-dealkylation sites (tertiary alicyclic amines) is 1. The Balaban J connectivity index is 1.63.